The Bertz CT molecular complexity index is 521. The molecule has 2 rings (SSSR count). The van der Waals surface area contributed by atoms with E-state index in [0.717, 1.165) is 0 Å². The van der Waals surface area contributed by atoms with Crippen LogP contribution in [0, 0.1) is 0 Å². The van der Waals surface area contributed by atoms with Gasteiger partial charge in [0, 0.05) is 23.4 Å². The van der Waals surface area contributed by atoms with Gasteiger partial charge in [-0.2, -0.15) is 0 Å². The Balaban J connectivity index is 3.03. The standard InChI is InChI=1S/C8H4Cl2N2O/c9-5-3-6(10)12-7(4-5)11-2-1-8(12)13/h1-4H. The first-order valence-electron chi connectivity index (χ1n) is 3.51. The summed E-state index contributed by atoms with van der Waals surface area (Å²) < 4.78 is 1.29. The molecule has 0 fully saturated rings. The number of halogens is 2. The molecule has 0 radical (unpaired) electrons. The van der Waals surface area contributed by atoms with Crippen molar-refractivity contribution in [2.45, 2.75) is 0 Å². The van der Waals surface area contributed by atoms with Crippen LogP contribution in [-0.4, -0.2) is 9.38 Å². The van der Waals surface area contributed by atoms with Gasteiger partial charge in [-0.3, -0.25) is 9.20 Å². The smallest absolute Gasteiger partial charge is 0.258 e. The summed E-state index contributed by atoms with van der Waals surface area (Å²) >= 11 is 11.5. The third-order valence-electron chi connectivity index (χ3n) is 1.61. The first kappa shape index (κ1) is 8.53. The second-order valence-corrected chi connectivity index (χ2v) is 3.30. The van der Waals surface area contributed by atoms with Gasteiger partial charge in [0.1, 0.15) is 10.8 Å². The molecule has 0 unspecified atom stereocenters. The number of nitrogens with zero attached hydrogens (tertiary/aromatic N) is 2. The quantitative estimate of drug-likeness (QED) is 0.630. The van der Waals surface area contributed by atoms with Crippen LogP contribution in [0.2, 0.25) is 10.2 Å². The minimum atomic E-state index is -0.216. The molecule has 2 aromatic heterocycles. The lowest BCUT2D eigenvalue weighted by Gasteiger charge is -2.01. The van der Waals surface area contributed by atoms with E-state index in [-0.39, 0.29) is 10.7 Å². The van der Waals surface area contributed by atoms with Crippen molar-refractivity contribution in [1.82, 2.24) is 9.38 Å². The SMILES string of the molecule is O=c1ccnc2cc(Cl)cc(Cl)n12. The fourth-order valence-corrected chi connectivity index (χ4v) is 1.63. The summed E-state index contributed by atoms with van der Waals surface area (Å²) in [6, 6.07) is 4.42. The predicted molar refractivity (Wildman–Crippen MR) is 51.5 cm³/mol. The average Bonchev–Trinajstić information content (AvgIpc) is 2.02. The Labute approximate surface area is 83.5 Å². The van der Waals surface area contributed by atoms with Gasteiger partial charge in [-0.05, 0) is 6.07 Å². The zero-order valence-electron chi connectivity index (χ0n) is 6.37. The van der Waals surface area contributed by atoms with Crippen LogP contribution in [0.4, 0.5) is 0 Å². The van der Waals surface area contributed by atoms with E-state index in [1.54, 1.807) is 6.07 Å². The number of hydrogen-bond donors (Lipinski definition) is 0. The van der Waals surface area contributed by atoms with E-state index < -0.39 is 0 Å². The predicted octanol–water partition coefficient (Wildman–Crippen LogP) is 2.00. The Hall–Kier alpha value is -1.06. The number of pyridine rings is 1. The fraction of sp³-hybridized carbons (Fsp3) is 0. The van der Waals surface area contributed by atoms with Gasteiger partial charge in [0.05, 0.1) is 0 Å². The van der Waals surface area contributed by atoms with Crippen LogP contribution in [0.25, 0.3) is 5.65 Å². The van der Waals surface area contributed by atoms with Gasteiger partial charge >= 0.3 is 0 Å². The second kappa shape index (κ2) is 3.01. The van der Waals surface area contributed by atoms with Crippen LogP contribution < -0.4 is 5.56 Å². The maximum absolute atomic E-state index is 11.3. The summed E-state index contributed by atoms with van der Waals surface area (Å²) in [5.41, 5.74) is 0.233. The summed E-state index contributed by atoms with van der Waals surface area (Å²) in [4.78, 5) is 15.3. The van der Waals surface area contributed by atoms with Crippen molar-refractivity contribution >= 4 is 28.8 Å². The molecule has 0 aliphatic carbocycles. The van der Waals surface area contributed by atoms with Crippen molar-refractivity contribution < 1.29 is 0 Å². The zero-order valence-corrected chi connectivity index (χ0v) is 7.88. The molecule has 2 aromatic rings. The molecule has 66 valence electrons. The number of fused-ring (bicyclic) bond motifs is 1. The van der Waals surface area contributed by atoms with E-state index in [4.69, 9.17) is 23.2 Å². The molecule has 5 heteroatoms. The molecule has 0 spiro atoms. The average molecular weight is 215 g/mol. The molecule has 3 nitrogen and oxygen atoms in total. The second-order valence-electron chi connectivity index (χ2n) is 2.47. The molecule has 13 heavy (non-hydrogen) atoms. The van der Waals surface area contributed by atoms with Crippen LogP contribution in [0.1, 0.15) is 0 Å². The van der Waals surface area contributed by atoms with Gasteiger partial charge in [-0.15, -0.1) is 0 Å². The largest absolute Gasteiger partial charge is 0.269 e. The maximum Gasteiger partial charge on any atom is 0.258 e. The van der Waals surface area contributed by atoms with Crippen LogP contribution in [0.5, 0.6) is 0 Å². The summed E-state index contributed by atoms with van der Waals surface area (Å²) in [5.74, 6) is 0. The van der Waals surface area contributed by atoms with Gasteiger partial charge in [0.15, 0.2) is 0 Å². The van der Waals surface area contributed by atoms with Crippen molar-refractivity contribution in [2.75, 3.05) is 0 Å². The molecule has 0 amide bonds. The highest BCUT2D eigenvalue weighted by atomic mass is 35.5. The van der Waals surface area contributed by atoms with Crippen molar-refractivity contribution in [2.24, 2.45) is 0 Å². The minimum absolute atomic E-state index is 0.216. The fourth-order valence-electron chi connectivity index (χ4n) is 1.08. The Morgan fingerprint density at radius 2 is 2.08 bits per heavy atom. The van der Waals surface area contributed by atoms with E-state index in [1.807, 2.05) is 0 Å². The number of aromatic nitrogens is 2. The van der Waals surface area contributed by atoms with Crippen molar-refractivity contribution in [3.8, 4) is 0 Å². The van der Waals surface area contributed by atoms with Crippen LogP contribution in [0.3, 0.4) is 0 Å². The molecule has 2 heterocycles. The Morgan fingerprint density at radius 1 is 1.31 bits per heavy atom. The number of hydrogen-bond acceptors (Lipinski definition) is 2. The zero-order chi connectivity index (χ0) is 9.42. The lowest BCUT2D eigenvalue weighted by atomic mass is 10.4. The maximum atomic E-state index is 11.3. The molecule has 0 atom stereocenters. The summed E-state index contributed by atoms with van der Waals surface area (Å²) in [6.45, 7) is 0. The summed E-state index contributed by atoms with van der Waals surface area (Å²) in [5, 5.41) is 0.726. The monoisotopic (exact) mass is 214 g/mol. The highest BCUT2D eigenvalue weighted by molar-refractivity contribution is 6.34. The van der Waals surface area contributed by atoms with E-state index in [0.29, 0.717) is 10.7 Å². The summed E-state index contributed by atoms with van der Waals surface area (Å²) in [6.07, 6.45) is 1.42. The van der Waals surface area contributed by atoms with Crippen molar-refractivity contribution in [3.05, 3.63) is 44.9 Å². The Morgan fingerprint density at radius 3 is 2.85 bits per heavy atom. The first-order chi connectivity index (χ1) is 6.18. The van der Waals surface area contributed by atoms with Crippen LogP contribution >= 0.6 is 23.2 Å². The number of rotatable bonds is 0. The molecule has 0 saturated carbocycles. The van der Waals surface area contributed by atoms with E-state index in [1.165, 1.54) is 22.7 Å². The van der Waals surface area contributed by atoms with Crippen molar-refractivity contribution in [3.63, 3.8) is 0 Å². The lowest BCUT2D eigenvalue weighted by molar-refractivity contribution is 1.05. The third-order valence-corrected chi connectivity index (χ3v) is 2.11. The molecule has 0 saturated heterocycles. The first-order valence-corrected chi connectivity index (χ1v) is 4.27. The van der Waals surface area contributed by atoms with E-state index in [9.17, 15) is 4.79 Å². The van der Waals surface area contributed by atoms with E-state index >= 15 is 0 Å². The molecule has 0 aliphatic rings. The van der Waals surface area contributed by atoms with Gasteiger partial charge in [0.25, 0.3) is 5.56 Å². The van der Waals surface area contributed by atoms with Gasteiger partial charge in [-0.1, -0.05) is 23.2 Å². The van der Waals surface area contributed by atoms with Crippen LogP contribution in [-0.2, 0) is 0 Å². The normalized spacial score (nSPS) is 10.6. The van der Waals surface area contributed by atoms with Gasteiger partial charge in [0.2, 0.25) is 0 Å². The van der Waals surface area contributed by atoms with Gasteiger partial charge < -0.3 is 0 Å². The highest BCUT2D eigenvalue weighted by Gasteiger charge is 2.02. The minimum Gasteiger partial charge on any atom is -0.269 e. The highest BCUT2D eigenvalue weighted by Crippen LogP contribution is 2.16. The molecule has 0 N–H and O–H groups in total. The molecule has 0 aliphatic heterocycles. The van der Waals surface area contributed by atoms with Crippen LogP contribution in [0.15, 0.2) is 29.2 Å². The molecular formula is C8H4Cl2N2O. The Kier molecular flexibility index (Phi) is 1.98. The lowest BCUT2D eigenvalue weighted by Crippen LogP contribution is -2.13. The van der Waals surface area contributed by atoms with Crippen molar-refractivity contribution in [1.29, 1.82) is 0 Å². The van der Waals surface area contributed by atoms with Gasteiger partial charge in [-0.25, -0.2) is 4.98 Å². The molecule has 0 aromatic carbocycles. The molecular weight excluding hydrogens is 211 g/mol. The molecule has 0 bridgehead atoms. The third kappa shape index (κ3) is 1.41. The summed E-state index contributed by atoms with van der Waals surface area (Å²) in [7, 11) is 0. The van der Waals surface area contributed by atoms with E-state index in [2.05, 4.69) is 4.98 Å². The topological polar surface area (TPSA) is 34.4 Å².